The minimum Gasteiger partial charge on any atom is -0.369 e. The third-order valence-electron chi connectivity index (χ3n) is 3.04. The molecule has 0 amide bonds. The molecular formula is C14H7Br2FN4. The summed E-state index contributed by atoms with van der Waals surface area (Å²) in [6, 6.07) is 10.3. The Morgan fingerprint density at radius 3 is 2.71 bits per heavy atom. The van der Waals surface area contributed by atoms with Crippen molar-refractivity contribution in [3.8, 4) is 11.8 Å². The van der Waals surface area contributed by atoms with Crippen LogP contribution in [0.15, 0.2) is 39.3 Å². The van der Waals surface area contributed by atoms with Crippen molar-refractivity contribution in [1.82, 2.24) is 9.55 Å². The zero-order valence-electron chi connectivity index (χ0n) is 10.4. The van der Waals surface area contributed by atoms with E-state index < -0.39 is 5.82 Å². The SMILES string of the molecule is N#Cc1cc(Br)ccc1-n1c(N)nc2cc(F)c(Br)cc21. The molecule has 21 heavy (non-hydrogen) atoms. The van der Waals surface area contributed by atoms with Gasteiger partial charge in [0.05, 0.1) is 26.8 Å². The Morgan fingerprint density at radius 1 is 1.24 bits per heavy atom. The highest BCUT2D eigenvalue weighted by Crippen LogP contribution is 2.30. The lowest BCUT2D eigenvalue weighted by molar-refractivity contribution is 0.623. The predicted molar refractivity (Wildman–Crippen MR) is 85.6 cm³/mol. The van der Waals surface area contributed by atoms with E-state index >= 15 is 0 Å². The highest BCUT2D eigenvalue weighted by molar-refractivity contribution is 9.10. The van der Waals surface area contributed by atoms with Crippen LogP contribution < -0.4 is 5.73 Å². The average molecular weight is 410 g/mol. The molecular weight excluding hydrogens is 403 g/mol. The summed E-state index contributed by atoms with van der Waals surface area (Å²) in [5.74, 6) is -0.218. The van der Waals surface area contributed by atoms with E-state index in [1.807, 2.05) is 0 Å². The van der Waals surface area contributed by atoms with Crippen molar-refractivity contribution >= 4 is 48.8 Å². The maximum Gasteiger partial charge on any atom is 0.205 e. The van der Waals surface area contributed by atoms with Gasteiger partial charge in [-0.3, -0.25) is 4.57 Å². The van der Waals surface area contributed by atoms with Crippen LogP contribution in [0.1, 0.15) is 5.56 Å². The van der Waals surface area contributed by atoms with Gasteiger partial charge in [-0.05, 0) is 40.2 Å². The third kappa shape index (κ3) is 2.30. The number of hydrogen-bond donors (Lipinski definition) is 1. The highest BCUT2D eigenvalue weighted by Gasteiger charge is 2.15. The smallest absolute Gasteiger partial charge is 0.205 e. The summed E-state index contributed by atoms with van der Waals surface area (Å²) in [6.07, 6.45) is 0. The van der Waals surface area contributed by atoms with Gasteiger partial charge in [-0.1, -0.05) is 15.9 Å². The lowest BCUT2D eigenvalue weighted by atomic mass is 10.2. The Balaban J connectivity index is 2.38. The lowest BCUT2D eigenvalue weighted by Crippen LogP contribution is -2.02. The van der Waals surface area contributed by atoms with Gasteiger partial charge in [-0.15, -0.1) is 0 Å². The quantitative estimate of drug-likeness (QED) is 0.656. The fraction of sp³-hybridized carbons (Fsp3) is 0. The number of benzene rings is 2. The number of fused-ring (bicyclic) bond motifs is 1. The Hall–Kier alpha value is -1.91. The van der Waals surface area contributed by atoms with E-state index in [-0.39, 0.29) is 5.95 Å². The third-order valence-corrected chi connectivity index (χ3v) is 4.14. The summed E-state index contributed by atoms with van der Waals surface area (Å²) in [5, 5.41) is 9.29. The summed E-state index contributed by atoms with van der Waals surface area (Å²) < 4.78 is 16.3. The van der Waals surface area contributed by atoms with Crippen molar-refractivity contribution in [2.24, 2.45) is 0 Å². The van der Waals surface area contributed by atoms with Gasteiger partial charge in [0.2, 0.25) is 5.95 Å². The number of nitrogens with zero attached hydrogens (tertiary/aromatic N) is 3. The van der Waals surface area contributed by atoms with Crippen LogP contribution >= 0.6 is 31.9 Å². The monoisotopic (exact) mass is 408 g/mol. The van der Waals surface area contributed by atoms with Gasteiger partial charge in [0.25, 0.3) is 0 Å². The zero-order valence-corrected chi connectivity index (χ0v) is 13.6. The van der Waals surface area contributed by atoms with Crippen molar-refractivity contribution in [1.29, 1.82) is 5.26 Å². The fourth-order valence-electron chi connectivity index (χ4n) is 2.14. The van der Waals surface area contributed by atoms with E-state index in [4.69, 9.17) is 5.73 Å². The van der Waals surface area contributed by atoms with Crippen LogP contribution in [-0.2, 0) is 0 Å². The average Bonchev–Trinajstić information content (AvgIpc) is 2.75. The highest BCUT2D eigenvalue weighted by atomic mass is 79.9. The van der Waals surface area contributed by atoms with Gasteiger partial charge >= 0.3 is 0 Å². The molecule has 0 spiro atoms. The van der Waals surface area contributed by atoms with E-state index in [9.17, 15) is 9.65 Å². The van der Waals surface area contributed by atoms with E-state index in [2.05, 4.69) is 42.9 Å². The molecule has 0 aliphatic carbocycles. The van der Waals surface area contributed by atoms with Crippen molar-refractivity contribution in [3.63, 3.8) is 0 Å². The Kier molecular flexibility index (Phi) is 3.43. The van der Waals surface area contributed by atoms with Crippen LogP contribution in [0.2, 0.25) is 0 Å². The summed E-state index contributed by atoms with van der Waals surface area (Å²) in [4.78, 5) is 4.15. The molecule has 0 aliphatic rings. The van der Waals surface area contributed by atoms with E-state index in [0.29, 0.717) is 26.8 Å². The lowest BCUT2D eigenvalue weighted by Gasteiger charge is -2.09. The van der Waals surface area contributed by atoms with Crippen LogP contribution in [0, 0.1) is 17.1 Å². The number of hydrogen-bond acceptors (Lipinski definition) is 3. The fourth-order valence-corrected chi connectivity index (χ4v) is 2.83. The normalized spacial score (nSPS) is 10.8. The number of aromatic nitrogens is 2. The van der Waals surface area contributed by atoms with Gasteiger partial charge < -0.3 is 5.73 Å². The van der Waals surface area contributed by atoms with Crippen molar-refractivity contribution in [2.45, 2.75) is 0 Å². The van der Waals surface area contributed by atoms with Gasteiger partial charge in [-0.2, -0.15) is 5.26 Å². The van der Waals surface area contributed by atoms with Crippen LogP contribution in [0.3, 0.4) is 0 Å². The molecule has 0 atom stereocenters. The molecule has 0 bridgehead atoms. The van der Waals surface area contributed by atoms with Gasteiger partial charge in [0.1, 0.15) is 11.9 Å². The topological polar surface area (TPSA) is 67.6 Å². The maximum absolute atomic E-state index is 13.6. The minimum atomic E-state index is -0.413. The molecule has 0 aliphatic heterocycles. The zero-order chi connectivity index (χ0) is 15.1. The van der Waals surface area contributed by atoms with Crippen molar-refractivity contribution in [3.05, 3.63) is 50.7 Å². The van der Waals surface area contributed by atoms with Gasteiger partial charge in [0, 0.05) is 10.5 Å². The molecule has 7 heteroatoms. The summed E-state index contributed by atoms with van der Waals surface area (Å²) in [7, 11) is 0. The predicted octanol–water partition coefficient (Wildman–Crippen LogP) is 4.14. The first-order valence-corrected chi connectivity index (χ1v) is 7.43. The first-order valence-electron chi connectivity index (χ1n) is 5.84. The molecule has 104 valence electrons. The van der Waals surface area contributed by atoms with Crippen LogP contribution in [0.5, 0.6) is 0 Å². The van der Waals surface area contributed by atoms with E-state index in [1.165, 1.54) is 6.07 Å². The molecule has 2 aromatic carbocycles. The van der Waals surface area contributed by atoms with Gasteiger partial charge in [-0.25, -0.2) is 9.37 Å². The Morgan fingerprint density at radius 2 is 2.00 bits per heavy atom. The molecule has 3 aromatic rings. The first kappa shape index (κ1) is 14.0. The molecule has 1 heterocycles. The second kappa shape index (κ2) is 5.13. The summed E-state index contributed by atoms with van der Waals surface area (Å²) in [6.45, 7) is 0. The van der Waals surface area contributed by atoms with Crippen LogP contribution in [-0.4, -0.2) is 9.55 Å². The van der Waals surface area contributed by atoms with Crippen LogP contribution in [0.25, 0.3) is 16.7 Å². The standard InChI is InChI=1S/C14H7Br2FN4/c15-8-1-2-12(7(3-8)6-18)21-13-4-9(16)10(17)5-11(13)20-14(21)19/h1-5H,(H2,19,20). The number of anilines is 1. The molecule has 2 N–H and O–H groups in total. The van der Waals surface area contributed by atoms with Crippen molar-refractivity contribution < 1.29 is 4.39 Å². The second-order valence-electron chi connectivity index (χ2n) is 4.33. The Labute approximate surface area is 136 Å². The van der Waals surface area contributed by atoms with Gasteiger partial charge in [0.15, 0.2) is 0 Å². The number of halogens is 3. The number of nitrogens with two attached hydrogens (primary N) is 1. The number of rotatable bonds is 1. The minimum absolute atomic E-state index is 0.196. The van der Waals surface area contributed by atoms with Crippen LogP contribution in [0.4, 0.5) is 10.3 Å². The molecule has 0 saturated carbocycles. The molecule has 1 aromatic heterocycles. The molecule has 0 unspecified atom stereocenters. The number of nitrogen functional groups attached to an aromatic ring is 1. The largest absolute Gasteiger partial charge is 0.369 e. The number of imidazole rings is 1. The summed E-state index contributed by atoms with van der Waals surface area (Å²) in [5.41, 5.74) is 8.03. The molecule has 3 rings (SSSR count). The maximum atomic E-state index is 13.6. The molecule has 0 radical (unpaired) electrons. The first-order chi connectivity index (χ1) is 10.0. The Bertz CT molecular complexity index is 911. The number of nitriles is 1. The molecule has 0 fully saturated rings. The van der Waals surface area contributed by atoms with E-state index in [0.717, 1.165) is 4.47 Å². The summed E-state index contributed by atoms with van der Waals surface area (Å²) >= 11 is 6.48. The molecule has 0 saturated heterocycles. The molecule has 4 nitrogen and oxygen atoms in total. The van der Waals surface area contributed by atoms with E-state index in [1.54, 1.807) is 28.8 Å². The second-order valence-corrected chi connectivity index (χ2v) is 6.10. The van der Waals surface area contributed by atoms with Crippen molar-refractivity contribution in [2.75, 3.05) is 5.73 Å².